The molecule has 1 unspecified atom stereocenters. The van der Waals surface area contributed by atoms with Crippen LogP contribution in [0.2, 0.25) is 5.02 Å². The number of benzene rings is 1. The fraction of sp³-hybridized carbons (Fsp3) is 0.538. The second-order valence-electron chi connectivity index (χ2n) is 3.97. The van der Waals surface area contributed by atoms with Crippen LogP contribution in [0.1, 0.15) is 38.3 Å². The van der Waals surface area contributed by atoms with Crippen LogP contribution in [-0.4, -0.2) is 17.8 Å². The number of hydrogen-bond acceptors (Lipinski definition) is 2. The third-order valence-electron chi connectivity index (χ3n) is 2.83. The van der Waals surface area contributed by atoms with Gasteiger partial charge in [0.25, 0.3) is 0 Å². The zero-order valence-electron chi connectivity index (χ0n) is 9.91. The Morgan fingerprint density at radius 2 is 1.81 bits per heavy atom. The third kappa shape index (κ3) is 3.78. The van der Waals surface area contributed by atoms with Crippen molar-refractivity contribution in [2.45, 2.75) is 38.8 Å². The Kier molecular flexibility index (Phi) is 5.81. The molecule has 16 heavy (non-hydrogen) atoms. The summed E-state index contributed by atoms with van der Waals surface area (Å²) in [7, 11) is 0. The molecule has 0 saturated heterocycles. The molecule has 1 aromatic carbocycles. The average Bonchev–Trinajstić information content (AvgIpc) is 2.32. The standard InChI is InChI=1S/C13H20ClNO/c1-3-12(9-16)15-13(4-2)10-5-7-11(14)8-6-10/h5-8,12-13,15-16H,3-4,9H2,1-2H3/t12-,13?/m1/s1. The van der Waals surface area contributed by atoms with Gasteiger partial charge in [0.1, 0.15) is 0 Å². The van der Waals surface area contributed by atoms with Gasteiger partial charge < -0.3 is 10.4 Å². The lowest BCUT2D eigenvalue weighted by Gasteiger charge is -2.23. The van der Waals surface area contributed by atoms with Gasteiger partial charge in [-0.05, 0) is 30.5 Å². The van der Waals surface area contributed by atoms with Crippen molar-refractivity contribution in [1.82, 2.24) is 5.32 Å². The lowest BCUT2D eigenvalue weighted by atomic mass is 10.0. The summed E-state index contributed by atoms with van der Waals surface area (Å²) in [5.74, 6) is 0. The normalized spacial score (nSPS) is 14.8. The summed E-state index contributed by atoms with van der Waals surface area (Å²) in [6.45, 7) is 4.39. The van der Waals surface area contributed by atoms with Crippen LogP contribution in [-0.2, 0) is 0 Å². The molecule has 1 rings (SSSR count). The molecule has 3 heteroatoms. The van der Waals surface area contributed by atoms with E-state index < -0.39 is 0 Å². The zero-order valence-corrected chi connectivity index (χ0v) is 10.7. The van der Waals surface area contributed by atoms with Gasteiger partial charge in [0.05, 0.1) is 6.61 Å². The van der Waals surface area contributed by atoms with E-state index in [1.807, 2.05) is 24.3 Å². The van der Waals surface area contributed by atoms with Crippen LogP contribution >= 0.6 is 11.6 Å². The van der Waals surface area contributed by atoms with Crippen LogP contribution in [0, 0.1) is 0 Å². The molecule has 0 spiro atoms. The Bertz CT molecular complexity index is 295. The first kappa shape index (κ1) is 13.5. The Labute approximate surface area is 103 Å². The van der Waals surface area contributed by atoms with E-state index in [0.29, 0.717) is 0 Å². The van der Waals surface area contributed by atoms with Crippen molar-refractivity contribution in [3.8, 4) is 0 Å². The van der Waals surface area contributed by atoms with Crippen molar-refractivity contribution in [2.24, 2.45) is 0 Å². The van der Waals surface area contributed by atoms with E-state index in [0.717, 1.165) is 17.9 Å². The molecule has 0 fully saturated rings. The van der Waals surface area contributed by atoms with E-state index in [4.69, 9.17) is 11.6 Å². The molecule has 90 valence electrons. The summed E-state index contributed by atoms with van der Waals surface area (Å²) < 4.78 is 0. The van der Waals surface area contributed by atoms with Crippen LogP contribution in [0.5, 0.6) is 0 Å². The number of aliphatic hydroxyl groups is 1. The van der Waals surface area contributed by atoms with Crippen molar-refractivity contribution in [2.75, 3.05) is 6.61 Å². The van der Waals surface area contributed by atoms with Gasteiger partial charge in [0, 0.05) is 17.1 Å². The third-order valence-corrected chi connectivity index (χ3v) is 3.08. The maximum Gasteiger partial charge on any atom is 0.0584 e. The highest BCUT2D eigenvalue weighted by Gasteiger charge is 2.13. The molecule has 0 aliphatic rings. The molecular formula is C13H20ClNO. The summed E-state index contributed by atoms with van der Waals surface area (Å²) in [5, 5.41) is 13.4. The quantitative estimate of drug-likeness (QED) is 0.802. The minimum Gasteiger partial charge on any atom is -0.395 e. The molecule has 0 heterocycles. The molecule has 2 nitrogen and oxygen atoms in total. The highest BCUT2D eigenvalue weighted by molar-refractivity contribution is 6.30. The van der Waals surface area contributed by atoms with Gasteiger partial charge in [-0.3, -0.25) is 0 Å². The second-order valence-corrected chi connectivity index (χ2v) is 4.40. The number of rotatable bonds is 6. The fourth-order valence-electron chi connectivity index (χ4n) is 1.73. The monoisotopic (exact) mass is 241 g/mol. The zero-order chi connectivity index (χ0) is 12.0. The fourth-order valence-corrected chi connectivity index (χ4v) is 1.86. The minimum absolute atomic E-state index is 0.167. The Morgan fingerprint density at radius 1 is 1.19 bits per heavy atom. The van der Waals surface area contributed by atoms with Crippen LogP contribution in [0.25, 0.3) is 0 Å². The molecular weight excluding hydrogens is 222 g/mol. The van der Waals surface area contributed by atoms with Gasteiger partial charge in [-0.2, -0.15) is 0 Å². The lowest BCUT2D eigenvalue weighted by molar-refractivity contribution is 0.226. The molecule has 2 N–H and O–H groups in total. The summed E-state index contributed by atoms with van der Waals surface area (Å²) in [6.07, 6.45) is 1.93. The van der Waals surface area contributed by atoms with Gasteiger partial charge in [-0.25, -0.2) is 0 Å². The molecule has 0 bridgehead atoms. The molecule has 0 amide bonds. The SMILES string of the molecule is CCC(N[C@H](CC)CO)c1ccc(Cl)cc1. The maximum absolute atomic E-state index is 9.18. The predicted molar refractivity (Wildman–Crippen MR) is 68.8 cm³/mol. The van der Waals surface area contributed by atoms with Crippen molar-refractivity contribution in [3.63, 3.8) is 0 Å². The highest BCUT2D eigenvalue weighted by atomic mass is 35.5. The van der Waals surface area contributed by atoms with Gasteiger partial charge in [-0.1, -0.05) is 37.6 Å². The Morgan fingerprint density at radius 3 is 2.25 bits per heavy atom. The van der Waals surface area contributed by atoms with Gasteiger partial charge in [0.15, 0.2) is 0 Å². The van der Waals surface area contributed by atoms with Crippen molar-refractivity contribution in [1.29, 1.82) is 0 Å². The lowest BCUT2D eigenvalue weighted by Crippen LogP contribution is -2.34. The van der Waals surface area contributed by atoms with Gasteiger partial charge >= 0.3 is 0 Å². The van der Waals surface area contributed by atoms with Gasteiger partial charge in [-0.15, -0.1) is 0 Å². The van der Waals surface area contributed by atoms with Crippen molar-refractivity contribution < 1.29 is 5.11 Å². The van der Waals surface area contributed by atoms with E-state index in [1.165, 1.54) is 5.56 Å². The largest absolute Gasteiger partial charge is 0.395 e. The number of aliphatic hydroxyl groups excluding tert-OH is 1. The van der Waals surface area contributed by atoms with Crippen molar-refractivity contribution >= 4 is 11.6 Å². The van der Waals surface area contributed by atoms with Crippen LogP contribution < -0.4 is 5.32 Å². The molecule has 0 radical (unpaired) electrons. The van der Waals surface area contributed by atoms with Crippen molar-refractivity contribution in [3.05, 3.63) is 34.9 Å². The smallest absolute Gasteiger partial charge is 0.0584 e. The minimum atomic E-state index is 0.167. The van der Waals surface area contributed by atoms with E-state index in [9.17, 15) is 5.11 Å². The summed E-state index contributed by atoms with van der Waals surface area (Å²) in [6, 6.07) is 8.33. The molecule has 0 saturated carbocycles. The Balaban J connectivity index is 2.70. The van der Waals surface area contributed by atoms with Gasteiger partial charge in [0.2, 0.25) is 0 Å². The second kappa shape index (κ2) is 6.89. The number of halogens is 1. The predicted octanol–water partition coefficient (Wildman–Crippen LogP) is 3.15. The van der Waals surface area contributed by atoms with E-state index >= 15 is 0 Å². The van der Waals surface area contributed by atoms with Crippen LogP contribution in [0.3, 0.4) is 0 Å². The molecule has 1 aromatic rings. The first-order valence-corrected chi connectivity index (χ1v) is 6.21. The first-order valence-electron chi connectivity index (χ1n) is 5.83. The van der Waals surface area contributed by atoms with E-state index in [2.05, 4.69) is 19.2 Å². The molecule has 0 aromatic heterocycles. The van der Waals surface area contributed by atoms with Crippen LogP contribution in [0.15, 0.2) is 24.3 Å². The maximum atomic E-state index is 9.18. The summed E-state index contributed by atoms with van der Waals surface area (Å²) in [4.78, 5) is 0. The number of hydrogen-bond donors (Lipinski definition) is 2. The Hall–Kier alpha value is -0.570. The first-order chi connectivity index (χ1) is 7.71. The molecule has 2 atom stereocenters. The summed E-state index contributed by atoms with van der Waals surface area (Å²) in [5.41, 5.74) is 1.22. The van der Waals surface area contributed by atoms with E-state index in [-0.39, 0.29) is 18.7 Å². The average molecular weight is 242 g/mol. The summed E-state index contributed by atoms with van der Waals surface area (Å²) >= 11 is 5.86. The van der Waals surface area contributed by atoms with Crippen LogP contribution in [0.4, 0.5) is 0 Å². The highest BCUT2D eigenvalue weighted by Crippen LogP contribution is 2.19. The topological polar surface area (TPSA) is 32.3 Å². The molecule has 0 aliphatic carbocycles. The molecule has 0 aliphatic heterocycles. The van der Waals surface area contributed by atoms with E-state index in [1.54, 1.807) is 0 Å². The number of nitrogens with one attached hydrogen (secondary N) is 1.